The monoisotopic (exact) mass is 300 g/mol. The Balaban J connectivity index is 2.34. The van der Waals surface area contributed by atoms with Crippen molar-refractivity contribution in [3.8, 4) is 34.3 Å². The van der Waals surface area contributed by atoms with Crippen LogP contribution in [-0.2, 0) is 0 Å². The molecule has 0 aliphatic heterocycles. The first-order valence-corrected chi connectivity index (χ1v) is 6.37. The summed E-state index contributed by atoms with van der Waals surface area (Å²) in [5.41, 5.74) is -0.0612. The van der Waals surface area contributed by atoms with Crippen molar-refractivity contribution in [2.75, 3.05) is 7.11 Å². The largest absolute Gasteiger partial charge is 0.508 e. The zero-order valence-corrected chi connectivity index (χ0v) is 11.5. The number of aromatic hydroxyl groups is 3. The van der Waals surface area contributed by atoms with Crippen molar-refractivity contribution in [3.63, 3.8) is 0 Å². The number of phenolic OH excluding ortho intramolecular Hbond substituents is 3. The van der Waals surface area contributed by atoms with Crippen LogP contribution >= 0.6 is 0 Å². The van der Waals surface area contributed by atoms with Crippen molar-refractivity contribution < 1.29 is 24.5 Å². The minimum absolute atomic E-state index is 0.0272. The van der Waals surface area contributed by atoms with Gasteiger partial charge in [-0.1, -0.05) is 6.07 Å². The highest BCUT2D eigenvalue weighted by molar-refractivity contribution is 5.86. The first kappa shape index (κ1) is 13.8. The van der Waals surface area contributed by atoms with Crippen LogP contribution in [0.4, 0.5) is 0 Å². The third-order valence-electron chi connectivity index (χ3n) is 3.26. The lowest BCUT2D eigenvalue weighted by Gasteiger charge is -2.10. The van der Waals surface area contributed by atoms with Crippen LogP contribution in [0, 0.1) is 0 Å². The van der Waals surface area contributed by atoms with Gasteiger partial charge in [0.1, 0.15) is 28.2 Å². The number of benzene rings is 2. The van der Waals surface area contributed by atoms with E-state index in [9.17, 15) is 20.1 Å². The summed E-state index contributed by atoms with van der Waals surface area (Å²) < 4.78 is 10.7. The van der Waals surface area contributed by atoms with E-state index in [0.29, 0.717) is 5.56 Å². The smallest absolute Gasteiger partial charge is 0.197 e. The molecular formula is C16H12O6. The van der Waals surface area contributed by atoms with E-state index < -0.39 is 5.43 Å². The highest BCUT2D eigenvalue weighted by Gasteiger charge is 2.16. The van der Waals surface area contributed by atoms with Crippen LogP contribution in [0.3, 0.4) is 0 Å². The standard InChI is InChI=1S/C16H12O6/c1-21-16-9(3-2-4-10(16)18)13-7-12(20)15-11(19)5-8(17)6-14(15)22-13/h2-7,17-19H,1H3. The molecule has 6 heteroatoms. The predicted octanol–water partition coefficient (Wildman–Crippen LogP) is 2.59. The zero-order chi connectivity index (χ0) is 15.9. The van der Waals surface area contributed by atoms with Crippen LogP contribution in [0.1, 0.15) is 0 Å². The Morgan fingerprint density at radius 3 is 2.55 bits per heavy atom. The molecule has 0 fully saturated rings. The third-order valence-corrected chi connectivity index (χ3v) is 3.26. The van der Waals surface area contributed by atoms with Gasteiger partial charge < -0.3 is 24.5 Å². The van der Waals surface area contributed by atoms with E-state index in [1.54, 1.807) is 12.1 Å². The van der Waals surface area contributed by atoms with E-state index in [2.05, 4.69) is 0 Å². The molecule has 0 unspecified atom stereocenters. The fraction of sp³-hybridized carbons (Fsp3) is 0.0625. The van der Waals surface area contributed by atoms with Crippen LogP contribution < -0.4 is 10.2 Å². The number of rotatable bonds is 2. The fourth-order valence-electron chi connectivity index (χ4n) is 2.32. The van der Waals surface area contributed by atoms with Crippen molar-refractivity contribution in [3.05, 3.63) is 46.6 Å². The third kappa shape index (κ3) is 2.10. The molecular weight excluding hydrogens is 288 g/mol. The van der Waals surface area contributed by atoms with Gasteiger partial charge in [-0.15, -0.1) is 0 Å². The maximum absolute atomic E-state index is 12.2. The number of fused-ring (bicyclic) bond motifs is 1. The highest BCUT2D eigenvalue weighted by atomic mass is 16.5. The Morgan fingerprint density at radius 2 is 1.82 bits per heavy atom. The molecule has 3 rings (SSSR count). The Morgan fingerprint density at radius 1 is 1.05 bits per heavy atom. The lowest BCUT2D eigenvalue weighted by Crippen LogP contribution is -2.01. The molecule has 3 N–H and O–H groups in total. The summed E-state index contributed by atoms with van der Waals surface area (Å²) in [6.07, 6.45) is 0. The molecule has 0 radical (unpaired) electrons. The first-order valence-electron chi connectivity index (χ1n) is 6.37. The van der Waals surface area contributed by atoms with E-state index in [1.807, 2.05) is 0 Å². The molecule has 0 aliphatic rings. The van der Waals surface area contributed by atoms with Gasteiger partial charge in [-0.3, -0.25) is 4.79 Å². The topological polar surface area (TPSA) is 100 Å². The van der Waals surface area contributed by atoms with Gasteiger partial charge in [0, 0.05) is 18.2 Å². The molecule has 1 aromatic heterocycles. The number of methoxy groups -OCH3 is 1. The normalized spacial score (nSPS) is 10.8. The Kier molecular flexibility index (Phi) is 3.14. The molecule has 0 saturated heterocycles. The average Bonchev–Trinajstić information content (AvgIpc) is 2.45. The molecule has 0 amide bonds. The minimum atomic E-state index is -0.473. The Labute approximate surface area is 124 Å². The summed E-state index contributed by atoms with van der Waals surface area (Å²) in [5.74, 6) is -0.377. The molecule has 22 heavy (non-hydrogen) atoms. The van der Waals surface area contributed by atoms with Crippen molar-refractivity contribution >= 4 is 11.0 Å². The van der Waals surface area contributed by atoms with Gasteiger partial charge in [0.25, 0.3) is 0 Å². The second-order valence-corrected chi connectivity index (χ2v) is 4.67. The Bertz CT molecular complexity index is 926. The van der Waals surface area contributed by atoms with Gasteiger partial charge in [0.05, 0.1) is 12.7 Å². The average molecular weight is 300 g/mol. The lowest BCUT2D eigenvalue weighted by molar-refractivity contribution is 0.374. The van der Waals surface area contributed by atoms with Gasteiger partial charge in [-0.25, -0.2) is 0 Å². The predicted molar refractivity (Wildman–Crippen MR) is 79.5 cm³/mol. The SMILES string of the molecule is COc1c(O)cccc1-c1cc(=O)c2c(O)cc(O)cc2o1. The van der Waals surface area contributed by atoms with Gasteiger partial charge in [-0.05, 0) is 12.1 Å². The van der Waals surface area contributed by atoms with E-state index in [0.717, 1.165) is 6.07 Å². The number of ether oxygens (including phenoxy) is 1. The quantitative estimate of drug-likeness (QED) is 0.672. The van der Waals surface area contributed by atoms with Crippen molar-refractivity contribution in [2.45, 2.75) is 0 Å². The molecule has 3 aromatic rings. The summed E-state index contributed by atoms with van der Waals surface area (Å²) in [6, 6.07) is 8.13. The van der Waals surface area contributed by atoms with Crippen molar-refractivity contribution in [1.29, 1.82) is 0 Å². The van der Waals surface area contributed by atoms with Crippen LogP contribution in [-0.4, -0.2) is 22.4 Å². The van der Waals surface area contributed by atoms with E-state index in [1.165, 1.54) is 25.3 Å². The Hall–Kier alpha value is -3.15. The molecule has 0 atom stereocenters. The van der Waals surface area contributed by atoms with E-state index >= 15 is 0 Å². The number of phenols is 3. The summed E-state index contributed by atoms with van der Waals surface area (Å²) in [4.78, 5) is 12.2. The first-order chi connectivity index (χ1) is 10.5. The number of hydrogen-bond acceptors (Lipinski definition) is 6. The molecule has 6 nitrogen and oxygen atoms in total. The van der Waals surface area contributed by atoms with Crippen LogP contribution in [0.15, 0.2) is 45.6 Å². The second-order valence-electron chi connectivity index (χ2n) is 4.67. The second kappa shape index (κ2) is 5.00. The maximum atomic E-state index is 12.2. The summed E-state index contributed by atoms with van der Waals surface area (Å²) in [7, 11) is 1.38. The van der Waals surface area contributed by atoms with E-state index in [4.69, 9.17) is 9.15 Å². The van der Waals surface area contributed by atoms with Gasteiger partial charge >= 0.3 is 0 Å². The van der Waals surface area contributed by atoms with Crippen LogP contribution in [0.2, 0.25) is 0 Å². The summed E-state index contributed by atoms with van der Waals surface area (Å²) in [5, 5.41) is 29.0. The zero-order valence-electron chi connectivity index (χ0n) is 11.5. The van der Waals surface area contributed by atoms with Crippen molar-refractivity contribution in [2.24, 2.45) is 0 Å². The molecule has 0 saturated carbocycles. The lowest BCUT2D eigenvalue weighted by atomic mass is 10.1. The van der Waals surface area contributed by atoms with Gasteiger partial charge in [0.15, 0.2) is 16.9 Å². The molecule has 0 bridgehead atoms. The number of hydrogen-bond donors (Lipinski definition) is 3. The van der Waals surface area contributed by atoms with Crippen LogP contribution in [0.25, 0.3) is 22.3 Å². The van der Waals surface area contributed by atoms with Gasteiger partial charge in [0.2, 0.25) is 0 Å². The van der Waals surface area contributed by atoms with Crippen molar-refractivity contribution in [1.82, 2.24) is 0 Å². The minimum Gasteiger partial charge on any atom is -0.508 e. The van der Waals surface area contributed by atoms with Crippen LogP contribution in [0.5, 0.6) is 23.0 Å². The molecule has 0 spiro atoms. The maximum Gasteiger partial charge on any atom is 0.197 e. The van der Waals surface area contributed by atoms with Gasteiger partial charge in [-0.2, -0.15) is 0 Å². The molecule has 0 aliphatic carbocycles. The summed E-state index contributed by atoms with van der Waals surface area (Å²) >= 11 is 0. The highest BCUT2D eigenvalue weighted by Crippen LogP contribution is 2.38. The molecule has 2 aromatic carbocycles. The number of para-hydroxylation sites is 1. The molecule has 1 heterocycles. The fourth-order valence-corrected chi connectivity index (χ4v) is 2.32. The summed E-state index contributed by atoms with van der Waals surface area (Å²) in [6.45, 7) is 0. The van der Waals surface area contributed by atoms with E-state index in [-0.39, 0.29) is 39.7 Å². The molecule has 112 valence electrons.